The van der Waals surface area contributed by atoms with Crippen LogP contribution < -0.4 is 19.6 Å². The fourth-order valence-electron chi connectivity index (χ4n) is 3.74. The van der Waals surface area contributed by atoms with E-state index in [1.165, 1.54) is 23.5 Å². The minimum Gasteiger partial charge on any atom is -0.494 e. The molecule has 1 aromatic heterocycles. The second-order valence-corrected chi connectivity index (χ2v) is 10.0. The van der Waals surface area contributed by atoms with Gasteiger partial charge in [0.25, 0.3) is 5.91 Å². The van der Waals surface area contributed by atoms with Gasteiger partial charge in [0, 0.05) is 10.9 Å². The third kappa shape index (κ3) is 6.18. The molecule has 0 fully saturated rings. The van der Waals surface area contributed by atoms with Gasteiger partial charge in [0.05, 0.1) is 29.9 Å². The van der Waals surface area contributed by atoms with Crippen LogP contribution in [0.5, 0.6) is 11.5 Å². The van der Waals surface area contributed by atoms with Crippen LogP contribution in [0.3, 0.4) is 0 Å². The van der Waals surface area contributed by atoms with E-state index in [9.17, 15) is 9.18 Å². The molecule has 0 radical (unpaired) electrons. The van der Waals surface area contributed by atoms with Crippen LogP contribution in [0.25, 0.3) is 11.3 Å². The van der Waals surface area contributed by atoms with Crippen molar-refractivity contribution < 1.29 is 18.7 Å². The first kappa shape index (κ1) is 25.4. The van der Waals surface area contributed by atoms with Crippen LogP contribution >= 0.6 is 11.3 Å². The van der Waals surface area contributed by atoms with Gasteiger partial charge in [-0.15, -0.1) is 11.3 Å². The highest BCUT2D eigenvalue weighted by Gasteiger charge is 2.18. The summed E-state index contributed by atoms with van der Waals surface area (Å²) in [6.07, 6.45) is 2.75. The molecule has 1 amide bonds. The molecule has 7 nitrogen and oxygen atoms in total. The van der Waals surface area contributed by atoms with Gasteiger partial charge in [0.1, 0.15) is 17.3 Å². The predicted octanol–water partition coefficient (Wildman–Crippen LogP) is 6.23. The molecule has 5 rings (SSSR count). The fourth-order valence-corrected chi connectivity index (χ4v) is 4.60. The molecule has 1 aliphatic rings. The Morgan fingerprint density at radius 3 is 2.68 bits per heavy atom. The van der Waals surface area contributed by atoms with Crippen LogP contribution in [-0.2, 0) is 4.79 Å². The Hall–Kier alpha value is -4.24. The van der Waals surface area contributed by atoms with Crippen molar-refractivity contribution >= 4 is 34.8 Å². The van der Waals surface area contributed by atoms with E-state index in [2.05, 4.69) is 24.2 Å². The SMILES string of the molecule is CC(C)CCOc1ccc(C=Nn2c(-c3ccc4c(c3)NC(=O)CO4)csc2=Nc2ccc(F)cc2)cc1. The highest BCUT2D eigenvalue weighted by atomic mass is 32.1. The van der Waals surface area contributed by atoms with E-state index >= 15 is 0 Å². The van der Waals surface area contributed by atoms with Crippen LogP contribution in [0.2, 0.25) is 0 Å². The number of ether oxygens (including phenoxy) is 2. The molecular weight excluding hydrogens is 503 g/mol. The molecule has 0 spiro atoms. The lowest BCUT2D eigenvalue weighted by molar-refractivity contribution is -0.118. The third-order valence-electron chi connectivity index (χ3n) is 5.81. The maximum absolute atomic E-state index is 13.4. The summed E-state index contributed by atoms with van der Waals surface area (Å²) < 4.78 is 26.5. The molecule has 38 heavy (non-hydrogen) atoms. The van der Waals surface area contributed by atoms with Gasteiger partial charge in [0.2, 0.25) is 4.80 Å². The number of carbonyl (C=O) groups excluding carboxylic acids is 1. The van der Waals surface area contributed by atoms with E-state index in [0.717, 1.165) is 29.0 Å². The molecule has 0 atom stereocenters. The number of carbonyl (C=O) groups is 1. The summed E-state index contributed by atoms with van der Waals surface area (Å²) in [5.41, 5.74) is 3.72. The molecule has 0 unspecified atom stereocenters. The number of rotatable bonds is 8. The zero-order valence-electron chi connectivity index (χ0n) is 21.1. The molecule has 9 heteroatoms. The third-order valence-corrected chi connectivity index (χ3v) is 6.63. The quantitative estimate of drug-likeness (QED) is 0.275. The highest BCUT2D eigenvalue weighted by molar-refractivity contribution is 7.07. The fraction of sp³-hybridized carbons (Fsp3) is 0.207. The number of amides is 1. The van der Waals surface area contributed by atoms with Crippen LogP contribution in [0.4, 0.5) is 15.8 Å². The lowest BCUT2D eigenvalue weighted by Crippen LogP contribution is -2.25. The van der Waals surface area contributed by atoms with E-state index in [1.54, 1.807) is 23.0 Å². The number of aromatic nitrogens is 1. The summed E-state index contributed by atoms with van der Waals surface area (Å²) >= 11 is 1.41. The molecule has 0 saturated carbocycles. The van der Waals surface area contributed by atoms with Gasteiger partial charge in [-0.1, -0.05) is 13.8 Å². The highest BCUT2D eigenvalue weighted by Crippen LogP contribution is 2.33. The number of benzene rings is 3. The van der Waals surface area contributed by atoms with Gasteiger partial charge >= 0.3 is 0 Å². The Morgan fingerprint density at radius 2 is 1.92 bits per heavy atom. The van der Waals surface area contributed by atoms with Crippen molar-refractivity contribution in [2.24, 2.45) is 16.0 Å². The number of nitrogens with zero attached hydrogens (tertiary/aromatic N) is 3. The molecule has 0 saturated heterocycles. The van der Waals surface area contributed by atoms with Crippen molar-refractivity contribution in [3.05, 3.63) is 88.3 Å². The van der Waals surface area contributed by atoms with Gasteiger partial charge in [-0.2, -0.15) is 5.10 Å². The van der Waals surface area contributed by atoms with Crippen molar-refractivity contribution in [1.29, 1.82) is 0 Å². The van der Waals surface area contributed by atoms with Gasteiger partial charge in [0.15, 0.2) is 6.61 Å². The Morgan fingerprint density at radius 1 is 1.13 bits per heavy atom. The molecule has 1 aliphatic heterocycles. The lowest BCUT2D eigenvalue weighted by atomic mass is 10.1. The largest absolute Gasteiger partial charge is 0.494 e. The van der Waals surface area contributed by atoms with Gasteiger partial charge < -0.3 is 14.8 Å². The number of hydrogen-bond acceptors (Lipinski definition) is 6. The van der Waals surface area contributed by atoms with Crippen molar-refractivity contribution in [2.75, 3.05) is 18.5 Å². The summed E-state index contributed by atoms with van der Waals surface area (Å²) in [5, 5.41) is 9.53. The summed E-state index contributed by atoms with van der Waals surface area (Å²) in [5.74, 6) is 1.50. The van der Waals surface area contributed by atoms with Gasteiger partial charge in [-0.25, -0.2) is 14.1 Å². The minimum absolute atomic E-state index is 0.00263. The first-order valence-electron chi connectivity index (χ1n) is 12.3. The average Bonchev–Trinajstić information content (AvgIpc) is 3.31. The second-order valence-electron chi connectivity index (χ2n) is 9.20. The molecule has 0 bridgehead atoms. The zero-order chi connectivity index (χ0) is 26.5. The van der Waals surface area contributed by atoms with Crippen LogP contribution in [-0.4, -0.2) is 30.0 Å². The zero-order valence-corrected chi connectivity index (χ0v) is 21.9. The molecule has 2 heterocycles. The number of halogens is 1. The standard InChI is InChI=1S/C29H27FN4O3S/c1-19(2)13-14-36-24-10-3-20(4-11-24)16-31-34-26(18-38-29(34)32-23-8-6-22(30)7-9-23)21-5-12-27-25(15-21)33-28(35)17-37-27/h3-12,15-16,18-19H,13-14,17H2,1-2H3,(H,33,35). The van der Waals surface area contributed by atoms with Crippen molar-refractivity contribution in [3.8, 4) is 22.8 Å². The summed E-state index contributed by atoms with van der Waals surface area (Å²) in [7, 11) is 0. The van der Waals surface area contributed by atoms with Gasteiger partial charge in [-0.05, 0) is 84.6 Å². The molecule has 1 N–H and O–H groups in total. The smallest absolute Gasteiger partial charge is 0.262 e. The maximum Gasteiger partial charge on any atom is 0.262 e. The molecule has 0 aliphatic carbocycles. The lowest BCUT2D eigenvalue weighted by Gasteiger charge is -2.18. The predicted molar refractivity (Wildman–Crippen MR) is 148 cm³/mol. The Labute approximate surface area is 223 Å². The summed E-state index contributed by atoms with van der Waals surface area (Å²) in [4.78, 5) is 17.1. The number of anilines is 1. The number of fused-ring (bicyclic) bond motifs is 1. The van der Waals surface area contributed by atoms with Crippen molar-refractivity contribution in [1.82, 2.24) is 4.68 Å². The van der Waals surface area contributed by atoms with E-state index in [4.69, 9.17) is 14.6 Å². The van der Waals surface area contributed by atoms with E-state index in [-0.39, 0.29) is 18.3 Å². The monoisotopic (exact) mass is 530 g/mol. The maximum atomic E-state index is 13.4. The van der Waals surface area contributed by atoms with Crippen LogP contribution in [0.1, 0.15) is 25.8 Å². The number of hydrogen-bond donors (Lipinski definition) is 1. The van der Waals surface area contributed by atoms with Gasteiger partial charge in [-0.3, -0.25) is 4.79 Å². The van der Waals surface area contributed by atoms with E-state index in [1.807, 2.05) is 47.8 Å². The van der Waals surface area contributed by atoms with E-state index in [0.29, 0.717) is 34.5 Å². The van der Waals surface area contributed by atoms with Crippen molar-refractivity contribution in [3.63, 3.8) is 0 Å². The van der Waals surface area contributed by atoms with Crippen molar-refractivity contribution in [2.45, 2.75) is 20.3 Å². The second kappa shape index (κ2) is 11.4. The average molecular weight is 531 g/mol. The molecule has 3 aromatic carbocycles. The molecule has 4 aromatic rings. The summed E-state index contributed by atoms with van der Waals surface area (Å²) in [6.45, 7) is 5.02. The Balaban J connectivity index is 1.48. The molecule has 194 valence electrons. The first-order valence-corrected chi connectivity index (χ1v) is 13.2. The van der Waals surface area contributed by atoms with Crippen LogP contribution in [0.15, 0.2) is 82.2 Å². The van der Waals surface area contributed by atoms with Crippen LogP contribution in [0, 0.1) is 11.7 Å². The molecular formula is C29H27FN4O3S. The Kier molecular flexibility index (Phi) is 7.65. The van der Waals surface area contributed by atoms with E-state index < -0.39 is 0 Å². The number of nitrogens with one attached hydrogen (secondary N) is 1. The minimum atomic E-state index is -0.323. The number of thiazole rings is 1. The topological polar surface area (TPSA) is 77.2 Å². The first-order chi connectivity index (χ1) is 18.4. The normalized spacial score (nSPS) is 13.5. The Bertz CT molecular complexity index is 1520. The summed E-state index contributed by atoms with van der Waals surface area (Å²) in [6, 6.07) is 19.3.